The van der Waals surface area contributed by atoms with Crippen molar-refractivity contribution >= 4 is 5.69 Å². The highest BCUT2D eigenvalue weighted by atomic mass is 16.5. The second-order valence-electron chi connectivity index (χ2n) is 3.76. The summed E-state index contributed by atoms with van der Waals surface area (Å²) in [5, 5.41) is 3.36. The SMILES string of the molecule is COc1ccc(NCc2cc[nH]c2)cc1C. The van der Waals surface area contributed by atoms with E-state index in [1.165, 1.54) is 5.56 Å². The molecule has 0 unspecified atom stereocenters. The second-order valence-corrected chi connectivity index (χ2v) is 3.76. The molecule has 0 amide bonds. The third kappa shape index (κ3) is 2.37. The van der Waals surface area contributed by atoms with E-state index in [-0.39, 0.29) is 0 Å². The van der Waals surface area contributed by atoms with Crippen LogP contribution in [-0.2, 0) is 6.54 Å². The predicted molar refractivity (Wildman–Crippen MR) is 65.9 cm³/mol. The number of benzene rings is 1. The fraction of sp³-hybridized carbons (Fsp3) is 0.231. The number of rotatable bonds is 4. The molecule has 3 nitrogen and oxygen atoms in total. The van der Waals surface area contributed by atoms with E-state index in [1.807, 2.05) is 31.5 Å². The molecule has 0 aliphatic carbocycles. The number of aromatic amines is 1. The first kappa shape index (κ1) is 10.6. The van der Waals surface area contributed by atoms with Crippen LogP contribution in [0.25, 0.3) is 0 Å². The van der Waals surface area contributed by atoms with Crippen molar-refractivity contribution in [1.82, 2.24) is 4.98 Å². The van der Waals surface area contributed by atoms with Gasteiger partial charge in [-0.2, -0.15) is 0 Å². The van der Waals surface area contributed by atoms with Crippen LogP contribution in [0.5, 0.6) is 5.75 Å². The number of anilines is 1. The highest BCUT2D eigenvalue weighted by Crippen LogP contribution is 2.21. The first-order valence-electron chi connectivity index (χ1n) is 5.30. The van der Waals surface area contributed by atoms with Gasteiger partial charge in [0.15, 0.2) is 0 Å². The van der Waals surface area contributed by atoms with Gasteiger partial charge in [-0.25, -0.2) is 0 Å². The van der Waals surface area contributed by atoms with Gasteiger partial charge in [0.1, 0.15) is 5.75 Å². The monoisotopic (exact) mass is 216 g/mol. The Hall–Kier alpha value is -1.90. The molecule has 84 valence electrons. The summed E-state index contributed by atoms with van der Waals surface area (Å²) in [6, 6.07) is 8.15. The summed E-state index contributed by atoms with van der Waals surface area (Å²) in [6.07, 6.45) is 3.92. The van der Waals surface area contributed by atoms with E-state index in [2.05, 4.69) is 22.4 Å². The topological polar surface area (TPSA) is 37.0 Å². The van der Waals surface area contributed by atoms with Crippen LogP contribution in [0.3, 0.4) is 0 Å². The van der Waals surface area contributed by atoms with Crippen LogP contribution in [0.15, 0.2) is 36.7 Å². The van der Waals surface area contributed by atoms with Gasteiger partial charge in [-0.05, 0) is 42.3 Å². The van der Waals surface area contributed by atoms with Crippen molar-refractivity contribution in [3.05, 3.63) is 47.8 Å². The molecule has 0 aliphatic rings. The van der Waals surface area contributed by atoms with Crippen LogP contribution in [0.2, 0.25) is 0 Å². The van der Waals surface area contributed by atoms with Crippen LogP contribution in [0.1, 0.15) is 11.1 Å². The number of hydrogen-bond acceptors (Lipinski definition) is 2. The van der Waals surface area contributed by atoms with Gasteiger partial charge in [-0.3, -0.25) is 0 Å². The van der Waals surface area contributed by atoms with Crippen molar-refractivity contribution in [2.45, 2.75) is 13.5 Å². The molecule has 0 bridgehead atoms. The Kier molecular flexibility index (Phi) is 3.15. The van der Waals surface area contributed by atoms with Crippen LogP contribution in [0, 0.1) is 6.92 Å². The highest BCUT2D eigenvalue weighted by molar-refractivity contribution is 5.50. The first-order chi connectivity index (χ1) is 7.79. The number of ether oxygens (including phenoxy) is 1. The average molecular weight is 216 g/mol. The minimum Gasteiger partial charge on any atom is -0.496 e. The lowest BCUT2D eigenvalue weighted by Crippen LogP contribution is -1.98. The molecule has 1 aromatic heterocycles. The molecule has 1 heterocycles. The summed E-state index contributed by atoms with van der Waals surface area (Å²) in [7, 11) is 1.69. The van der Waals surface area contributed by atoms with Gasteiger partial charge in [0, 0.05) is 24.6 Å². The van der Waals surface area contributed by atoms with Crippen molar-refractivity contribution in [2.24, 2.45) is 0 Å². The molecule has 3 heteroatoms. The fourth-order valence-electron chi connectivity index (χ4n) is 1.66. The molecule has 2 aromatic rings. The van der Waals surface area contributed by atoms with E-state index >= 15 is 0 Å². The number of hydrogen-bond donors (Lipinski definition) is 2. The smallest absolute Gasteiger partial charge is 0.121 e. The minimum absolute atomic E-state index is 0.829. The molecule has 2 N–H and O–H groups in total. The summed E-state index contributed by atoms with van der Waals surface area (Å²) in [5.41, 5.74) is 3.49. The Morgan fingerprint density at radius 2 is 2.19 bits per heavy atom. The van der Waals surface area contributed by atoms with Crippen LogP contribution >= 0.6 is 0 Å². The average Bonchev–Trinajstić information content (AvgIpc) is 2.79. The van der Waals surface area contributed by atoms with Crippen molar-refractivity contribution < 1.29 is 4.74 Å². The Balaban J connectivity index is 2.02. The molecule has 0 saturated carbocycles. The summed E-state index contributed by atoms with van der Waals surface area (Å²) in [4.78, 5) is 3.04. The standard InChI is InChI=1S/C13H16N2O/c1-10-7-12(3-4-13(10)16-2)15-9-11-5-6-14-8-11/h3-8,14-15H,9H2,1-2H3. The lowest BCUT2D eigenvalue weighted by atomic mass is 10.2. The normalized spacial score (nSPS) is 10.1. The lowest BCUT2D eigenvalue weighted by Gasteiger charge is -2.09. The molecular weight excluding hydrogens is 200 g/mol. The summed E-state index contributed by atoms with van der Waals surface area (Å²) >= 11 is 0. The molecule has 0 spiro atoms. The van der Waals surface area contributed by atoms with Gasteiger partial charge in [-0.1, -0.05) is 0 Å². The molecule has 2 rings (SSSR count). The summed E-state index contributed by atoms with van der Waals surface area (Å²) < 4.78 is 5.22. The zero-order valence-electron chi connectivity index (χ0n) is 9.58. The second kappa shape index (κ2) is 4.75. The molecule has 16 heavy (non-hydrogen) atoms. The number of aromatic nitrogens is 1. The first-order valence-corrected chi connectivity index (χ1v) is 5.30. The van der Waals surface area contributed by atoms with Crippen LogP contribution in [-0.4, -0.2) is 12.1 Å². The van der Waals surface area contributed by atoms with Gasteiger partial charge in [0.2, 0.25) is 0 Å². The van der Waals surface area contributed by atoms with E-state index in [9.17, 15) is 0 Å². The van der Waals surface area contributed by atoms with E-state index in [1.54, 1.807) is 7.11 Å². The quantitative estimate of drug-likeness (QED) is 0.824. The maximum atomic E-state index is 5.22. The van der Waals surface area contributed by atoms with Crippen molar-refractivity contribution in [2.75, 3.05) is 12.4 Å². The van der Waals surface area contributed by atoms with E-state index in [0.717, 1.165) is 23.5 Å². The fourth-order valence-corrected chi connectivity index (χ4v) is 1.66. The summed E-state index contributed by atoms with van der Waals surface area (Å²) in [5.74, 6) is 0.923. The third-order valence-corrected chi connectivity index (χ3v) is 2.55. The number of nitrogens with one attached hydrogen (secondary N) is 2. The van der Waals surface area contributed by atoms with Gasteiger partial charge in [0.25, 0.3) is 0 Å². The van der Waals surface area contributed by atoms with E-state index in [0.29, 0.717) is 0 Å². The Bertz CT molecular complexity index is 449. The van der Waals surface area contributed by atoms with Crippen molar-refractivity contribution in [3.8, 4) is 5.75 Å². The van der Waals surface area contributed by atoms with Gasteiger partial charge in [0.05, 0.1) is 7.11 Å². The molecule has 0 aliphatic heterocycles. The Morgan fingerprint density at radius 3 is 2.81 bits per heavy atom. The molecule has 0 radical (unpaired) electrons. The highest BCUT2D eigenvalue weighted by Gasteiger charge is 1.99. The molecule has 0 atom stereocenters. The zero-order valence-corrected chi connectivity index (χ0v) is 9.58. The van der Waals surface area contributed by atoms with Crippen molar-refractivity contribution in [1.29, 1.82) is 0 Å². The van der Waals surface area contributed by atoms with E-state index < -0.39 is 0 Å². The van der Waals surface area contributed by atoms with Gasteiger partial charge >= 0.3 is 0 Å². The van der Waals surface area contributed by atoms with Gasteiger partial charge < -0.3 is 15.0 Å². The van der Waals surface area contributed by atoms with Crippen LogP contribution < -0.4 is 10.1 Å². The zero-order chi connectivity index (χ0) is 11.4. The van der Waals surface area contributed by atoms with Crippen LogP contribution in [0.4, 0.5) is 5.69 Å². The number of methoxy groups -OCH3 is 1. The molecular formula is C13H16N2O. The maximum absolute atomic E-state index is 5.22. The number of aryl methyl sites for hydroxylation is 1. The predicted octanol–water partition coefficient (Wildman–Crippen LogP) is 2.94. The lowest BCUT2D eigenvalue weighted by molar-refractivity contribution is 0.412. The Labute approximate surface area is 95.5 Å². The third-order valence-electron chi connectivity index (χ3n) is 2.55. The molecule has 0 fully saturated rings. The molecule has 0 saturated heterocycles. The number of H-pyrrole nitrogens is 1. The summed E-state index contributed by atoms with van der Waals surface area (Å²) in [6.45, 7) is 2.87. The molecule has 1 aromatic carbocycles. The Morgan fingerprint density at radius 1 is 1.31 bits per heavy atom. The van der Waals surface area contributed by atoms with Gasteiger partial charge in [-0.15, -0.1) is 0 Å². The van der Waals surface area contributed by atoms with E-state index in [4.69, 9.17) is 4.74 Å². The maximum Gasteiger partial charge on any atom is 0.121 e. The minimum atomic E-state index is 0.829. The largest absolute Gasteiger partial charge is 0.496 e. The van der Waals surface area contributed by atoms with Crippen molar-refractivity contribution in [3.63, 3.8) is 0 Å².